The maximum Gasteiger partial charge on any atom is 0.159 e. The topological polar surface area (TPSA) is 54.9 Å². The number of H-pyrrole nitrogens is 1. The van der Waals surface area contributed by atoms with Crippen LogP contribution in [0.25, 0.3) is 43.6 Å². The highest BCUT2D eigenvalue weighted by molar-refractivity contribution is 6.11. The molecular formula is C31H27FN2O2. The number of carbonyl (C=O) groups excluding carboxylic acids is 2. The number of aromatic nitrogens is 2. The molecule has 1 N–H and O–H groups in total. The van der Waals surface area contributed by atoms with Gasteiger partial charge in [0.1, 0.15) is 6.17 Å². The lowest BCUT2D eigenvalue weighted by atomic mass is 10.1. The summed E-state index contributed by atoms with van der Waals surface area (Å²) in [6, 6.07) is 27.4. The van der Waals surface area contributed by atoms with E-state index in [1.807, 2.05) is 83.4 Å². The molecule has 0 saturated carbocycles. The predicted molar refractivity (Wildman–Crippen MR) is 146 cm³/mol. The quantitative estimate of drug-likeness (QED) is 0.262. The number of rotatable bonds is 4. The number of alkyl halides is 1. The van der Waals surface area contributed by atoms with Crippen molar-refractivity contribution in [2.45, 2.75) is 33.5 Å². The molecule has 36 heavy (non-hydrogen) atoms. The molecule has 0 saturated heterocycles. The van der Waals surface area contributed by atoms with Crippen LogP contribution in [0.4, 0.5) is 4.39 Å². The highest BCUT2D eigenvalue weighted by Gasteiger charge is 2.13. The normalized spacial score (nSPS) is 12.1. The predicted octanol–water partition coefficient (Wildman–Crippen LogP) is 7.88. The summed E-state index contributed by atoms with van der Waals surface area (Å²) in [5.74, 6) is 0.148. The van der Waals surface area contributed by atoms with Crippen LogP contribution in [0.15, 0.2) is 84.9 Å². The van der Waals surface area contributed by atoms with Crippen LogP contribution in [0.1, 0.15) is 41.5 Å². The van der Waals surface area contributed by atoms with Gasteiger partial charge in [-0.25, -0.2) is 4.39 Å². The van der Waals surface area contributed by atoms with Crippen LogP contribution in [0, 0.1) is 0 Å². The number of halogens is 1. The fourth-order valence-corrected chi connectivity index (χ4v) is 4.79. The van der Waals surface area contributed by atoms with Gasteiger partial charge in [0.15, 0.2) is 11.6 Å². The van der Waals surface area contributed by atoms with Gasteiger partial charge in [0.2, 0.25) is 0 Å². The first-order valence-electron chi connectivity index (χ1n) is 12.0. The second-order valence-corrected chi connectivity index (χ2v) is 9.18. The molecule has 0 aliphatic carbocycles. The zero-order valence-electron chi connectivity index (χ0n) is 20.5. The molecule has 5 heteroatoms. The molecule has 2 aromatic heterocycles. The molecular weight excluding hydrogens is 451 g/mol. The summed E-state index contributed by atoms with van der Waals surface area (Å²) in [4.78, 5) is 26.2. The summed E-state index contributed by atoms with van der Waals surface area (Å²) < 4.78 is 15.4. The highest BCUT2D eigenvalue weighted by Crippen LogP contribution is 2.30. The van der Waals surface area contributed by atoms with Crippen LogP contribution in [-0.2, 0) is 6.54 Å². The Morgan fingerprint density at radius 1 is 0.722 bits per heavy atom. The molecule has 6 aromatic rings. The summed E-state index contributed by atoms with van der Waals surface area (Å²) in [7, 11) is 0. The molecule has 180 valence electrons. The van der Waals surface area contributed by atoms with Gasteiger partial charge in [-0.05, 0) is 69.3 Å². The SMILES string of the molecule is CC(=O)c1ccc2[nH]c3ccccc3c2c1.CC(=O)c1ccc2c(c1)c1ccccc1n2CC(C)F. The number of Topliss-reactive ketones (excluding diaryl/α,β-unsaturated/α-hetero) is 2. The third kappa shape index (κ3) is 4.29. The minimum absolute atomic E-state index is 0.0441. The van der Waals surface area contributed by atoms with Gasteiger partial charge in [-0.3, -0.25) is 9.59 Å². The van der Waals surface area contributed by atoms with E-state index in [1.54, 1.807) is 20.8 Å². The van der Waals surface area contributed by atoms with E-state index in [2.05, 4.69) is 11.1 Å². The van der Waals surface area contributed by atoms with Gasteiger partial charge in [-0.2, -0.15) is 0 Å². The van der Waals surface area contributed by atoms with E-state index >= 15 is 0 Å². The number of nitrogens with one attached hydrogen (secondary N) is 1. The van der Waals surface area contributed by atoms with E-state index in [9.17, 15) is 14.0 Å². The number of nitrogens with zero attached hydrogens (tertiary/aromatic N) is 1. The largest absolute Gasteiger partial charge is 0.355 e. The van der Waals surface area contributed by atoms with Crippen LogP contribution in [0.5, 0.6) is 0 Å². The minimum Gasteiger partial charge on any atom is -0.355 e. The second kappa shape index (κ2) is 9.42. The number of hydrogen-bond acceptors (Lipinski definition) is 2. The molecule has 0 amide bonds. The molecule has 6 rings (SSSR count). The van der Waals surface area contributed by atoms with E-state index in [0.29, 0.717) is 12.1 Å². The Kier molecular flexibility index (Phi) is 6.15. The van der Waals surface area contributed by atoms with Crippen LogP contribution in [0.2, 0.25) is 0 Å². The van der Waals surface area contributed by atoms with E-state index in [0.717, 1.165) is 43.8 Å². The van der Waals surface area contributed by atoms with Gasteiger partial charge >= 0.3 is 0 Å². The molecule has 0 bridgehead atoms. The second-order valence-electron chi connectivity index (χ2n) is 9.18. The van der Waals surface area contributed by atoms with E-state index in [-0.39, 0.29) is 11.6 Å². The first-order valence-corrected chi connectivity index (χ1v) is 12.0. The van der Waals surface area contributed by atoms with Crippen LogP contribution < -0.4 is 0 Å². The lowest BCUT2D eigenvalue weighted by molar-refractivity contribution is 0.100. The van der Waals surface area contributed by atoms with Crippen molar-refractivity contribution in [1.82, 2.24) is 9.55 Å². The number of fused-ring (bicyclic) bond motifs is 6. The van der Waals surface area contributed by atoms with Gasteiger partial charge in [0.25, 0.3) is 0 Å². The van der Waals surface area contributed by atoms with Crippen LogP contribution in [0.3, 0.4) is 0 Å². The Morgan fingerprint density at radius 3 is 1.97 bits per heavy atom. The number of para-hydroxylation sites is 2. The molecule has 1 unspecified atom stereocenters. The molecule has 2 heterocycles. The van der Waals surface area contributed by atoms with Crippen molar-refractivity contribution in [3.05, 3.63) is 96.1 Å². The fraction of sp³-hybridized carbons (Fsp3) is 0.161. The molecule has 0 aliphatic rings. The monoisotopic (exact) mass is 478 g/mol. The molecule has 0 fully saturated rings. The summed E-state index contributed by atoms with van der Waals surface area (Å²) in [6.07, 6.45) is -0.915. The zero-order chi connectivity index (χ0) is 25.4. The van der Waals surface area contributed by atoms with Crippen molar-refractivity contribution in [2.75, 3.05) is 0 Å². The lowest BCUT2D eigenvalue weighted by Crippen LogP contribution is -2.07. The van der Waals surface area contributed by atoms with Crippen molar-refractivity contribution < 1.29 is 14.0 Å². The summed E-state index contributed by atoms with van der Waals surface area (Å²) >= 11 is 0. The van der Waals surface area contributed by atoms with Crippen LogP contribution in [-0.4, -0.2) is 27.3 Å². The standard InChI is InChI=1S/C17H16FNO.C14H11NO/c1-11(18)10-19-16-6-4-3-5-14(16)15-9-13(12(2)20)7-8-17(15)19;1-9(16)10-6-7-14-12(8-10)11-4-2-3-5-13(11)15-14/h3-9,11H,10H2,1-2H3;2-8,15H,1H3. The Bertz CT molecular complexity index is 1760. The van der Waals surface area contributed by atoms with Crippen molar-refractivity contribution in [3.8, 4) is 0 Å². The van der Waals surface area contributed by atoms with E-state index < -0.39 is 6.17 Å². The lowest BCUT2D eigenvalue weighted by Gasteiger charge is -2.08. The van der Waals surface area contributed by atoms with Gasteiger partial charge in [0, 0.05) is 54.7 Å². The maximum absolute atomic E-state index is 13.5. The minimum atomic E-state index is -0.915. The first-order chi connectivity index (χ1) is 17.3. The van der Waals surface area contributed by atoms with Gasteiger partial charge in [-0.15, -0.1) is 0 Å². The average Bonchev–Trinajstić information content (AvgIpc) is 3.39. The Morgan fingerprint density at radius 2 is 1.28 bits per heavy atom. The van der Waals surface area contributed by atoms with Crippen molar-refractivity contribution in [2.24, 2.45) is 0 Å². The van der Waals surface area contributed by atoms with Crippen molar-refractivity contribution in [3.63, 3.8) is 0 Å². The number of carbonyl (C=O) groups is 2. The number of ketones is 2. The number of aromatic amines is 1. The average molecular weight is 479 g/mol. The molecule has 0 radical (unpaired) electrons. The van der Waals surface area contributed by atoms with Gasteiger partial charge in [0.05, 0.1) is 6.54 Å². The number of benzene rings is 4. The van der Waals surface area contributed by atoms with Gasteiger partial charge < -0.3 is 9.55 Å². The van der Waals surface area contributed by atoms with Crippen molar-refractivity contribution in [1.29, 1.82) is 0 Å². The summed E-state index contributed by atoms with van der Waals surface area (Å²) in [5.41, 5.74) is 5.61. The highest BCUT2D eigenvalue weighted by atomic mass is 19.1. The first kappa shape index (κ1) is 23.5. The maximum atomic E-state index is 13.5. The Balaban J connectivity index is 0.000000152. The van der Waals surface area contributed by atoms with E-state index in [4.69, 9.17) is 0 Å². The third-order valence-electron chi connectivity index (χ3n) is 6.53. The molecule has 0 aliphatic heterocycles. The Hall–Kier alpha value is -4.25. The zero-order valence-corrected chi connectivity index (χ0v) is 20.5. The Labute approximate surface area is 208 Å². The summed E-state index contributed by atoms with van der Waals surface area (Å²) in [5, 5.41) is 4.35. The molecule has 4 aromatic carbocycles. The number of hydrogen-bond donors (Lipinski definition) is 1. The van der Waals surface area contributed by atoms with E-state index in [1.165, 1.54) is 5.39 Å². The van der Waals surface area contributed by atoms with Crippen molar-refractivity contribution >= 4 is 55.2 Å². The third-order valence-corrected chi connectivity index (χ3v) is 6.53. The fourth-order valence-electron chi connectivity index (χ4n) is 4.79. The molecule has 1 atom stereocenters. The molecule has 0 spiro atoms. The smallest absolute Gasteiger partial charge is 0.159 e. The van der Waals surface area contributed by atoms with Gasteiger partial charge in [-0.1, -0.05) is 36.4 Å². The summed E-state index contributed by atoms with van der Waals surface area (Å²) in [6.45, 7) is 5.04. The van der Waals surface area contributed by atoms with Crippen LogP contribution >= 0.6 is 0 Å². The molecule has 4 nitrogen and oxygen atoms in total.